The number of nitrogens with zero attached hydrogens (tertiary/aromatic N) is 1. The fourth-order valence-corrected chi connectivity index (χ4v) is 2.93. The van der Waals surface area contributed by atoms with Crippen molar-refractivity contribution in [3.8, 4) is 0 Å². The van der Waals surface area contributed by atoms with Crippen molar-refractivity contribution in [2.24, 2.45) is 5.73 Å². The van der Waals surface area contributed by atoms with E-state index >= 15 is 0 Å². The molecule has 0 spiro atoms. The van der Waals surface area contributed by atoms with Gasteiger partial charge in [-0.1, -0.05) is 24.3 Å². The van der Waals surface area contributed by atoms with Crippen LogP contribution in [-0.2, 0) is 9.59 Å². The SMILES string of the molecule is Cc1ccccc1C1CCCN1C(=O)C(N)CCC(=O)O. The minimum absolute atomic E-state index is 0.0644. The highest BCUT2D eigenvalue weighted by Crippen LogP contribution is 2.34. The molecule has 21 heavy (non-hydrogen) atoms. The number of likely N-dealkylation sites (tertiary alicyclic amines) is 1. The van der Waals surface area contributed by atoms with Crippen LogP contribution in [0.15, 0.2) is 24.3 Å². The number of amides is 1. The first-order chi connectivity index (χ1) is 10.0. The lowest BCUT2D eigenvalue weighted by molar-refractivity contribution is -0.137. The van der Waals surface area contributed by atoms with Gasteiger partial charge in [0, 0.05) is 13.0 Å². The summed E-state index contributed by atoms with van der Waals surface area (Å²) in [6, 6.07) is 7.39. The Balaban J connectivity index is 2.09. The summed E-state index contributed by atoms with van der Waals surface area (Å²) in [5, 5.41) is 8.70. The van der Waals surface area contributed by atoms with Crippen LogP contribution in [0.2, 0.25) is 0 Å². The number of nitrogens with two attached hydrogens (primary N) is 1. The van der Waals surface area contributed by atoms with Gasteiger partial charge < -0.3 is 15.7 Å². The lowest BCUT2D eigenvalue weighted by Crippen LogP contribution is -2.43. The minimum atomic E-state index is -0.921. The van der Waals surface area contributed by atoms with Crippen molar-refractivity contribution in [2.75, 3.05) is 6.54 Å². The summed E-state index contributed by atoms with van der Waals surface area (Å²) in [6.45, 7) is 2.74. The molecule has 2 rings (SSSR count). The van der Waals surface area contributed by atoms with E-state index in [2.05, 4.69) is 0 Å². The summed E-state index contributed by atoms with van der Waals surface area (Å²) in [4.78, 5) is 24.9. The second kappa shape index (κ2) is 6.72. The molecule has 1 heterocycles. The maximum Gasteiger partial charge on any atom is 0.303 e. The largest absolute Gasteiger partial charge is 0.481 e. The lowest BCUT2D eigenvalue weighted by Gasteiger charge is -2.28. The van der Waals surface area contributed by atoms with Gasteiger partial charge in [0.1, 0.15) is 0 Å². The molecule has 5 nitrogen and oxygen atoms in total. The zero-order chi connectivity index (χ0) is 15.4. The summed E-state index contributed by atoms with van der Waals surface area (Å²) in [7, 11) is 0. The molecular weight excluding hydrogens is 268 g/mol. The number of carbonyl (C=O) groups excluding carboxylic acids is 1. The molecule has 0 aliphatic carbocycles. The van der Waals surface area contributed by atoms with E-state index in [4.69, 9.17) is 10.8 Å². The van der Waals surface area contributed by atoms with Crippen LogP contribution >= 0.6 is 0 Å². The van der Waals surface area contributed by atoms with Gasteiger partial charge in [0.2, 0.25) is 5.91 Å². The Morgan fingerprint density at radius 1 is 1.43 bits per heavy atom. The van der Waals surface area contributed by atoms with E-state index in [0.29, 0.717) is 6.54 Å². The van der Waals surface area contributed by atoms with Gasteiger partial charge in [-0.25, -0.2) is 0 Å². The molecule has 1 amide bonds. The first kappa shape index (κ1) is 15.5. The molecule has 1 saturated heterocycles. The second-order valence-corrected chi connectivity index (χ2v) is 5.59. The van der Waals surface area contributed by atoms with Crippen LogP contribution in [0.3, 0.4) is 0 Å². The highest BCUT2D eigenvalue weighted by molar-refractivity contribution is 5.83. The van der Waals surface area contributed by atoms with Gasteiger partial charge in [-0.15, -0.1) is 0 Å². The van der Waals surface area contributed by atoms with Crippen LogP contribution in [0.4, 0.5) is 0 Å². The average Bonchev–Trinajstić information content (AvgIpc) is 2.93. The molecule has 1 aromatic carbocycles. The van der Waals surface area contributed by atoms with E-state index in [0.717, 1.165) is 18.4 Å². The van der Waals surface area contributed by atoms with Crippen LogP contribution in [0.25, 0.3) is 0 Å². The molecule has 3 N–H and O–H groups in total. The topological polar surface area (TPSA) is 83.6 Å². The summed E-state index contributed by atoms with van der Waals surface area (Å²) in [6.07, 6.45) is 2.00. The fourth-order valence-electron chi connectivity index (χ4n) is 2.93. The maximum atomic E-state index is 12.5. The van der Waals surface area contributed by atoms with E-state index in [9.17, 15) is 9.59 Å². The Bertz CT molecular complexity index is 530. The van der Waals surface area contributed by atoms with Crippen LogP contribution in [-0.4, -0.2) is 34.5 Å². The number of aliphatic carboxylic acids is 1. The van der Waals surface area contributed by atoms with Gasteiger partial charge >= 0.3 is 5.97 Å². The van der Waals surface area contributed by atoms with Gasteiger partial charge in [0.05, 0.1) is 12.1 Å². The van der Waals surface area contributed by atoms with Crippen molar-refractivity contribution in [3.05, 3.63) is 35.4 Å². The molecule has 0 saturated carbocycles. The Labute approximate surface area is 124 Å². The number of rotatable bonds is 5. The number of benzene rings is 1. The number of carboxylic acids is 1. The summed E-state index contributed by atoms with van der Waals surface area (Å²) < 4.78 is 0. The van der Waals surface area contributed by atoms with Crippen molar-refractivity contribution in [2.45, 2.75) is 44.7 Å². The minimum Gasteiger partial charge on any atom is -0.481 e. The maximum absolute atomic E-state index is 12.5. The molecule has 5 heteroatoms. The number of carboxylic acid groups (broad SMARTS) is 1. The molecule has 0 radical (unpaired) electrons. The lowest BCUT2D eigenvalue weighted by atomic mass is 9.99. The monoisotopic (exact) mass is 290 g/mol. The van der Waals surface area contributed by atoms with Gasteiger partial charge in [-0.3, -0.25) is 9.59 Å². The van der Waals surface area contributed by atoms with Crippen molar-refractivity contribution >= 4 is 11.9 Å². The van der Waals surface area contributed by atoms with Crippen LogP contribution in [0.5, 0.6) is 0 Å². The van der Waals surface area contributed by atoms with Gasteiger partial charge in [-0.05, 0) is 37.3 Å². The summed E-state index contributed by atoms with van der Waals surface area (Å²) >= 11 is 0. The molecule has 0 bridgehead atoms. The highest BCUT2D eigenvalue weighted by Gasteiger charge is 2.33. The number of aryl methyl sites for hydroxylation is 1. The van der Waals surface area contributed by atoms with Crippen molar-refractivity contribution in [3.63, 3.8) is 0 Å². The van der Waals surface area contributed by atoms with Crippen molar-refractivity contribution < 1.29 is 14.7 Å². The predicted octanol–water partition coefficient (Wildman–Crippen LogP) is 1.85. The summed E-state index contributed by atoms with van der Waals surface area (Å²) in [5.41, 5.74) is 8.20. The number of carbonyl (C=O) groups is 2. The van der Waals surface area contributed by atoms with Crippen LogP contribution in [0.1, 0.15) is 42.9 Å². The van der Waals surface area contributed by atoms with E-state index in [1.807, 2.05) is 36.1 Å². The Kier molecular flexibility index (Phi) is 4.96. The Hall–Kier alpha value is -1.88. The number of hydrogen-bond donors (Lipinski definition) is 2. The number of hydrogen-bond acceptors (Lipinski definition) is 3. The Morgan fingerprint density at radius 3 is 2.81 bits per heavy atom. The van der Waals surface area contributed by atoms with Crippen LogP contribution < -0.4 is 5.73 Å². The second-order valence-electron chi connectivity index (χ2n) is 5.59. The van der Waals surface area contributed by atoms with E-state index < -0.39 is 12.0 Å². The standard InChI is InChI=1S/C16H22N2O3/c1-11-5-2-3-6-12(11)14-7-4-10-18(14)16(21)13(17)8-9-15(19)20/h2-3,5-6,13-14H,4,7-10,17H2,1H3,(H,19,20). The third-order valence-corrected chi connectivity index (χ3v) is 4.07. The first-order valence-corrected chi connectivity index (χ1v) is 7.34. The predicted molar refractivity (Wildman–Crippen MR) is 79.7 cm³/mol. The quantitative estimate of drug-likeness (QED) is 0.867. The van der Waals surface area contributed by atoms with Gasteiger partial charge in [-0.2, -0.15) is 0 Å². The Morgan fingerprint density at radius 2 is 2.14 bits per heavy atom. The molecular formula is C16H22N2O3. The average molecular weight is 290 g/mol. The molecule has 2 atom stereocenters. The van der Waals surface area contributed by atoms with E-state index in [-0.39, 0.29) is 24.8 Å². The van der Waals surface area contributed by atoms with E-state index in [1.54, 1.807) is 0 Å². The van der Waals surface area contributed by atoms with Crippen LogP contribution in [0, 0.1) is 6.92 Å². The van der Waals surface area contributed by atoms with E-state index in [1.165, 1.54) is 5.56 Å². The molecule has 1 aliphatic rings. The fraction of sp³-hybridized carbons (Fsp3) is 0.500. The molecule has 1 aliphatic heterocycles. The first-order valence-electron chi connectivity index (χ1n) is 7.34. The van der Waals surface area contributed by atoms with Crippen molar-refractivity contribution in [1.29, 1.82) is 0 Å². The third-order valence-electron chi connectivity index (χ3n) is 4.07. The zero-order valence-corrected chi connectivity index (χ0v) is 12.3. The van der Waals surface area contributed by atoms with Gasteiger partial charge in [0.15, 0.2) is 0 Å². The normalized spacial score (nSPS) is 19.5. The highest BCUT2D eigenvalue weighted by atomic mass is 16.4. The molecule has 2 unspecified atom stereocenters. The molecule has 0 aromatic heterocycles. The molecule has 1 fully saturated rings. The zero-order valence-electron chi connectivity index (χ0n) is 12.3. The summed E-state index contributed by atoms with van der Waals surface area (Å²) in [5.74, 6) is -1.06. The smallest absolute Gasteiger partial charge is 0.303 e. The molecule has 1 aromatic rings. The third kappa shape index (κ3) is 3.61. The molecule has 114 valence electrons. The van der Waals surface area contributed by atoms with Crippen molar-refractivity contribution in [1.82, 2.24) is 4.90 Å². The van der Waals surface area contributed by atoms with Gasteiger partial charge in [0.25, 0.3) is 0 Å².